The monoisotopic (exact) mass is 202 g/mol. The maximum absolute atomic E-state index is 9.80. The van der Waals surface area contributed by atoms with E-state index < -0.39 is 6.10 Å². The van der Waals surface area contributed by atoms with Crippen molar-refractivity contribution in [2.75, 3.05) is 0 Å². The molecule has 15 heavy (non-hydrogen) atoms. The summed E-state index contributed by atoms with van der Waals surface area (Å²) in [7, 11) is 0. The number of hydrogen-bond donors (Lipinski definition) is 1. The third-order valence-corrected chi connectivity index (χ3v) is 1.98. The van der Waals surface area contributed by atoms with Gasteiger partial charge in [0.1, 0.15) is 6.10 Å². The third kappa shape index (κ3) is 4.18. The van der Waals surface area contributed by atoms with Gasteiger partial charge in [0.2, 0.25) is 0 Å². The number of rotatable bonds is 1. The number of hydrogen-bond acceptors (Lipinski definition) is 1. The lowest BCUT2D eigenvalue weighted by Crippen LogP contribution is -2.01. The van der Waals surface area contributed by atoms with Gasteiger partial charge in [0.05, 0.1) is 0 Å². The quantitative estimate of drug-likeness (QED) is 0.694. The van der Waals surface area contributed by atoms with Crippen LogP contribution < -0.4 is 0 Å². The van der Waals surface area contributed by atoms with Gasteiger partial charge in [0.15, 0.2) is 0 Å². The van der Waals surface area contributed by atoms with Crippen molar-refractivity contribution in [1.29, 1.82) is 0 Å². The predicted molar refractivity (Wildman–Crippen MR) is 63.4 cm³/mol. The molecule has 0 aliphatic rings. The van der Waals surface area contributed by atoms with Gasteiger partial charge >= 0.3 is 0 Å². The molecule has 1 rings (SSSR count). The van der Waals surface area contributed by atoms with E-state index in [1.165, 1.54) is 5.56 Å². The van der Waals surface area contributed by atoms with Gasteiger partial charge in [0, 0.05) is 5.41 Å². The molecule has 0 bridgehead atoms. The first-order valence-electron chi connectivity index (χ1n) is 5.16. The molecule has 0 heterocycles. The average Bonchev–Trinajstić information content (AvgIpc) is 2.14. The van der Waals surface area contributed by atoms with Crippen molar-refractivity contribution in [2.24, 2.45) is 5.41 Å². The first-order chi connectivity index (χ1) is 6.88. The smallest absolute Gasteiger partial charge is 0.140 e. The van der Waals surface area contributed by atoms with Crippen LogP contribution in [0.1, 0.15) is 38.0 Å². The molecule has 0 spiro atoms. The molecule has 0 aliphatic carbocycles. The van der Waals surface area contributed by atoms with Crippen molar-refractivity contribution in [1.82, 2.24) is 0 Å². The molecule has 0 aromatic heterocycles. The molecule has 0 saturated heterocycles. The molecule has 0 aliphatic heterocycles. The first-order valence-corrected chi connectivity index (χ1v) is 5.16. The fraction of sp³-hybridized carbons (Fsp3) is 0.429. The van der Waals surface area contributed by atoms with Crippen LogP contribution in [0.4, 0.5) is 0 Å². The van der Waals surface area contributed by atoms with Gasteiger partial charge in [-0.3, -0.25) is 0 Å². The number of aryl methyl sites for hydroxylation is 1. The van der Waals surface area contributed by atoms with E-state index in [1.54, 1.807) is 0 Å². The van der Waals surface area contributed by atoms with Crippen LogP contribution >= 0.6 is 0 Å². The second kappa shape index (κ2) is 4.51. The topological polar surface area (TPSA) is 20.2 Å². The van der Waals surface area contributed by atoms with Crippen LogP contribution in [0.5, 0.6) is 0 Å². The Bertz CT molecular complexity index is 371. The van der Waals surface area contributed by atoms with E-state index in [9.17, 15) is 5.11 Å². The molecule has 0 amide bonds. The summed E-state index contributed by atoms with van der Waals surface area (Å²) in [5.74, 6) is 5.90. The SMILES string of the molecule is Cc1ccc([C@@H](O)C#CC(C)(C)C)cc1. The summed E-state index contributed by atoms with van der Waals surface area (Å²) in [5, 5.41) is 9.80. The molecule has 1 aromatic carbocycles. The highest BCUT2D eigenvalue weighted by molar-refractivity contribution is 5.28. The van der Waals surface area contributed by atoms with Crippen LogP contribution in [0.2, 0.25) is 0 Å². The highest BCUT2D eigenvalue weighted by atomic mass is 16.3. The standard InChI is InChI=1S/C14H18O/c1-11-5-7-12(8-6-11)13(15)9-10-14(2,3)4/h5-8,13,15H,1-4H3/t13-/m0/s1. The zero-order valence-electron chi connectivity index (χ0n) is 9.83. The first kappa shape index (κ1) is 11.8. The van der Waals surface area contributed by atoms with Crippen molar-refractivity contribution in [3.8, 4) is 11.8 Å². The largest absolute Gasteiger partial charge is 0.376 e. The van der Waals surface area contributed by atoms with Crippen molar-refractivity contribution >= 4 is 0 Å². The Labute approximate surface area is 92.1 Å². The van der Waals surface area contributed by atoms with Gasteiger partial charge in [-0.15, -0.1) is 0 Å². The lowest BCUT2D eigenvalue weighted by molar-refractivity contribution is 0.238. The van der Waals surface area contributed by atoms with Gasteiger partial charge in [-0.1, -0.05) is 41.7 Å². The van der Waals surface area contributed by atoms with Gasteiger partial charge in [-0.05, 0) is 33.3 Å². The third-order valence-electron chi connectivity index (χ3n) is 1.98. The van der Waals surface area contributed by atoms with Crippen LogP contribution in [0, 0.1) is 24.2 Å². The second-order valence-electron chi connectivity index (χ2n) is 4.83. The number of aliphatic hydroxyl groups excluding tert-OH is 1. The van der Waals surface area contributed by atoms with Crippen LogP contribution in [0.25, 0.3) is 0 Å². The summed E-state index contributed by atoms with van der Waals surface area (Å²) in [5.41, 5.74) is 1.98. The normalized spacial score (nSPS) is 12.9. The Morgan fingerprint density at radius 1 is 1.13 bits per heavy atom. The average molecular weight is 202 g/mol. The molecular formula is C14H18O. The summed E-state index contributed by atoms with van der Waals surface area (Å²) < 4.78 is 0. The Balaban J connectivity index is 2.80. The number of benzene rings is 1. The summed E-state index contributed by atoms with van der Waals surface area (Å²) in [6.45, 7) is 8.11. The van der Waals surface area contributed by atoms with E-state index in [0.717, 1.165) is 5.56 Å². The highest BCUT2D eigenvalue weighted by Gasteiger charge is 2.06. The molecular weight excluding hydrogens is 184 g/mol. The fourth-order valence-corrected chi connectivity index (χ4v) is 1.12. The highest BCUT2D eigenvalue weighted by Crippen LogP contribution is 2.15. The van der Waals surface area contributed by atoms with Crippen LogP contribution in [0.3, 0.4) is 0 Å². The van der Waals surface area contributed by atoms with Gasteiger partial charge in [-0.2, -0.15) is 0 Å². The van der Waals surface area contributed by atoms with E-state index in [2.05, 4.69) is 11.8 Å². The summed E-state index contributed by atoms with van der Waals surface area (Å²) in [6, 6.07) is 7.79. The Kier molecular flexibility index (Phi) is 3.55. The van der Waals surface area contributed by atoms with Crippen molar-refractivity contribution in [2.45, 2.75) is 33.8 Å². The molecule has 1 aromatic rings. The minimum atomic E-state index is -0.676. The second-order valence-corrected chi connectivity index (χ2v) is 4.83. The van der Waals surface area contributed by atoms with Crippen molar-refractivity contribution < 1.29 is 5.11 Å². The van der Waals surface area contributed by atoms with Crippen LogP contribution in [-0.2, 0) is 0 Å². The lowest BCUT2D eigenvalue weighted by Gasteiger charge is -2.09. The zero-order chi connectivity index (χ0) is 11.5. The fourth-order valence-electron chi connectivity index (χ4n) is 1.12. The van der Waals surface area contributed by atoms with E-state index in [4.69, 9.17) is 0 Å². The summed E-state index contributed by atoms with van der Waals surface area (Å²) >= 11 is 0. The Morgan fingerprint density at radius 3 is 2.13 bits per heavy atom. The Hall–Kier alpha value is -1.26. The maximum Gasteiger partial charge on any atom is 0.140 e. The van der Waals surface area contributed by atoms with Gasteiger partial charge in [0.25, 0.3) is 0 Å². The van der Waals surface area contributed by atoms with E-state index >= 15 is 0 Å². The lowest BCUT2D eigenvalue weighted by atomic mass is 9.97. The molecule has 80 valence electrons. The molecule has 0 unspecified atom stereocenters. The van der Waals surface area contributed by atoms with Gasteiger partial charge in [-0.25, -0.2) is 0 Å². The van der Waals surface area contributed by atoms with Gasteiger partial charge < -0.3 is 5.11 Å². The maximum atomic E-state index is 9.80. The summed E-state index contributed by atoms with van der Waals surface area (Å²) in [6.07, 6.45) is -0.676. The molecule has 1 nitrogen and oxygen atoms in total. The van der Waals surface area contributed by atoms with Crippen molar-refractivity contribution in [3.05, 3.63) is 35.4 Å². The van der Waals surface area contributed by atoms with E-state index in [-0.39, 0.29) is 5.41 Å². The van der Waals surface area contributed by atoms with E-state index in [1.807, 2.05) is 52.0 Å². The zero-order valence-corrected chi connectivity index (χ0v) is 9.83. The molecule has 1 atom stereocenters. The molecule has 0 radical (unpaired) electrons. The number of aliphatic hydroxyl groups is 1. The summed E-state index contributed by atoms with van der Waals surface area (Å²) in [4.78, 5) is 0. The van der Waals surface area contributed by atoms with Crippen LogP contribution in [0.15, 0.2) is 24.3 Å². The van der Waals surface area contributed by atoms with E-state index in [0.29, 0.717) is 0 Å². The molecule has 1 heteroatoms. The van der Waals surface area contributed by atoms with Crippen molar-refractivity contribution in [3.63, 3.8) is 0 Å². The van der Waals surface area contributed by atoms with Crippen LogP contribution in [-0.4, -0.2) is 5.11 Å². The Morgan fingerprint density at radius 2 is 1.67 bits per heavy atom. The molecule has 0 saturated carbocycles. The molecule has 0 fully saturated rings. The minimum Gasteiger partial charge on any atom is -0.376 e. The predicted octanol–water partition coefficient (Wildman–Crippen LogP) is 3.08. The minimum absolute atomic E-state index is 0.0638. The molecule has 1 N–H and O–H groups in total.